The Morgan fingerprint density at radius 1 is 1.41 bits per heavy atom. The van der Waals surface area contributed by atoms with E-state index in [-0.39, 0.29) is 22.1 Å². The van der Waals surface area contributed by atoms with Crippen LogP contribution in [0.15, 0.2) is 16.6 Å². The van der Waals surface area contributed by atoms with Gasteiger partial charge in [0, 0.05) is 25.1 Å². The van der Waals surface area contributed by atoms with Gasteiger partial charge in [-0.15, -0.1) is 0 Å². The number of halogens is 3. The first kappa shape index (κ1) is 12.3. The normalized spacial score (nSPS) is 19.2. The lowest BCUT2D eigenvalue weighted by Gasteiger charge is -2.13. The van der Waals surface area contributed by atoms with Crippen molar-refractivity contribution in [3.05, 3.63) is 28.2 Å². The van der Waals surface area contributed by atoms with Gasteiger partial charge in [0.05, 0.1) is 10.2 Å². The second-order valence-corrected chi connectivity index (χ2v) is 4.78. The first-order valence-corrected chi connectivity index (χ1v) is 6.03. The summed E-state index contributed by atoms with van der Waals surface area (Å²) in [5.74, 6) is -1.05. The number of benzene rings is 1. The Morgan fingerprint density at radius 2 is 2.18 bits per heavy atom. The molecule has 0 bridgehead atoms. The van der Waals surface area contributed by atoms with Crippen molar-refractivity contribution in [2.24, 2.45) is 0 Å². The van der Waals surface area contributed by atoms with E-state index >= 15 is 0 Å². The molecule has 0 aliphatic carbocycles. The largest absolute Gasteiger partial charge is 0.381 e. The van der Waals surface area contributed by atoms with E-state index in [0.717, 1.165) is 12.1 Å². The van der Waals surface area contributed by atoms with Crippen LogP contribution in [-0.4, -0.2) is 18.5 Å². The van der Waals surface area contributed by atoms with Gasteiger partial charge in [-0.3, -0.25) is 4.79 Å². The van der Waals surface area contributed by atoms with Crippen LogP contribution < -0.4 is 10.6 Å². The molecule has 1 aromatic rings. The van der Waals surface area contributed by atoms with E-state index < -0.39 is 11.6 Å². The summed E-state index contributed by atoms with van der Waals surface area (Å²) in [4.78, 5) is 11.0. The summed E-state index contributed by atoms with van der Waals surface area (Å²) in [7, 11) is 0. The van der Waals surface area contributed by atoms with E-state index in [1.54, 1.807) is 0 Å². The molecule has 1 aliphatic heterocycles. The summed E-state index contributed by atoms with van der Waals surface area (Å²) in [5, 5.41) is 5.54. The Balaban J connectivity index is 1.99. The van der Waals surface area contributed by atoms with Crippen molar-refractivity contribution in [3.8, 4) is 0 Å². The summed E-state index contributed by atoms with van der Waals surface area (Å²) in [6, 6.07) is 2.15. The third kappa shape index (κ3) is 2.94. The molecular formula is C11H11BrF2N2O. The van der Waals surface area contributed by atoms with Crippen LogP contribution in [0.4, 0.5) is 14.5 Å². The van der Waals surface area contributed by atoms with Gasteiger partial charge in [-0.05, 0) is 28.4 Å². The minimum absolute atomic E-state index is 0.000686. The number of amides is 1. The first-order chi connectivity index (χ1) is 8.06. The molecule has 3 nitrogen and oxygen atoms in total. The lowest BCUT2D eigenvalue weighted by atomic mass is 10.2. The predicted octanol–water partition coefficient (Wildman–Crippen LogP) is 2.42. The highest BCUT2D eigenvalue weighted by atomic mass is 79.9. The number of carbonyl (C=O) groups is 1. The summed E-state index contributed by atoms with van der Waals surface area (Å²) in [6.45, 7) is 0.393. The third-order valence-corrected chi connectivity index (χ3v) is 3.24. The summed E-state index contributed by atoms with van der Waals surface area (Å²) in [5.41, 5.74) is 0.104. The lowest BCUT2D eigenvalue weighted by Crippen LogP contribution is -2.32. The van der Waals surface area contributed by atoms with Crippen LogP contribution in [0.25, 0.3) is 0 Å². The molecule has 0 spiro atoms. The van der Waals surface area contributed by atoms with Crippen molar-refractivity contribution in [1.82, 2.24) is 5.32 Å². The Labute approximate surface area is 106 Å². The average Bonchev–Trinajstić information content (AvgIpc) is 2.68. The molecule has 0 aromatic heterocycles. The van der Waals surface area contributed by atoms with Crippen molar-refractivity contribution >= 4 is 27.5 Å². The minimum atomic E-state index is -0.525. The molecule has 0 saturated carbocycles. The summed E-state index contributed by atoms with van der Waals surface area (Å²) < 4.78 is 26.7. The zero-order valence-corrected chi connectivity index (χ0v) is 10.5. The van der Waals surface area contributed by atoms with Crippen molar-refractivity contribution in [1.29, 1.82) is 0 Å². The van der Waals surface area contributed by atoms with Crippen molar-refractivity contribution in [2.75, 3.05) is 11.9 Å². The topological polar surface area (TPSA) is 41.1 Å². The lowest BCUT2D eigenvalue weighted by molar-refractivity contribution is -0.119. The Morgan fingerprint density at radius 3 is 2.82 bits per heavy atom. The van der Waals surface area contributed by atoms with Gasteiger partial charge in [0.25, 0.3) is 0 Å². The van der Waals surface area contributed by atoms with Crippen LogP contribution in [0.2, 0.25) is 0 Å². The highest BCUT2D eigenvalue weighted by molar-refractivity contribution is 9.10. The molecule has 2 N–H and O–H groups in total. The first-order valence-electron chi connectivity index (χ1n) is 5.24. The second-order valence-electron chi connectivity index (χ2n) is 3.93. The molecule has 2 rings (SSSR count). The summed E-state index contributed by atoms with van der Waals surface area (Å²) >= 11 is 2.91. The minimum Gasteiger partial charge on any atom is -0.381 e. The maximum absolute atomic E-state index is 13.4. The molecule has 1 aliphatic rings. The predicted molar refractivity (Wildman–Crippen MR) is 63.7 cm³/mol. The molecule has 1 amide bonds. The van der Waals surface area contributed by atoms with Gasteiger partial charge in [0.1, 0.15) is 11.6 Å². The monoisotopic (exact) mass is 304 g/mol. The van der Waals surface area contributed by atoms with Crippen molar-refractivity contribution in [3.63, 3.8) is 0 Å². The maximum Gasteiger partial charge on any atom is 0.220 e. The van der Waals surface area contributed by atoms with Crippen LogP contribution in [0, 0.1) is 11.6 Å². The molecule has 1 atom stereocenters. The van der Waals surface area contributed by atoms with E-state index in [1.165, 1.54) is 0 Å². The van der Waals surface area contributed by atoms with E-state index in [0.29, 0.717) is 19.4 Å². The van der Waals surface area contributed by atoms with Gasteiger partial charge in [-0.2, -0.15) is 0 Å². The number of carbonyl (C=O) groups excluding carboxylic acids is 1. The zero-order chi connectivity index (χ0) is 12.4. The molecule has 1 unspecified atom stereocenters. The van der Waals surface area contributed by atoms with Gasteiger partial charge in [-0.25, -0.2) is 8.78 Å². The fraction of sp³-hybridized carbons (Fsp3) is 0.364. The number of hydrogen-bond acceptors (Lipinski definition) is 2. The zero-order valence-electron chi connectivity index (χ0n) is 8.90. The number of rotatable bonds is 3. The molecule has 92 valence electrons. The smallest absolute Gasteiger partial charge is 0.220 e. The average molecular weight is 305 g/mol. The van der Waals surface area contributed by atoms with Gasteiger partial charge in [-0.1, -0.05) is 0 Å². The van der Waals surface area contributed by atoms with Gasteiger partial charge in [0.2, 0.25) is 5.91 Å². The van der Waals surface area contributed by atoms with E-state index in [9.17, 15) is 13.6 Å². The highest BCUT2D eigenvalue weighted by Crippen LogP contribution is 2.23. The fourth-order valence-electron chi connectivity index (χ4n) is 1.72. The third-order valence-electron chi connectivity index (χ3n) is 2.63. The van der Waals surface area contributed by atoms with Crippen LogP contribution in [0.3, 0.4) is 0 Å². The van der Waals surface area contributed by atoms with Gasteiger partial charge < -0.3 is 10.6 Å². The standard InChI is InChI=1S/C11H11BrF2N2O/c12-7-3-9(14)10(4-8(7)13)15-5-6-1-2-11(17)16-6/h3-4,6,15H,1-2,5H2,(H,16,17). The van der Waals surface area contributed by atoms with Crippen molar-refractivity contribution in [2.45, 2.75) is 18.9 Å². The summed E-state index contributed by atoms with van der Waals surface area (Å²) in [6.07, 6.45) is 1.20. The van der Waals surface area contributed by atoms with Gasteiger partial charge in [0.15, 0.2) is 0 Å². The van der Waals surface area contributed by atoms with E-state index in [2.05, 4.69) is 26.6 Å². The van der Waals surface area contributed by atoms with Crippen LogP contribution in [0.1, 0.15) is 12.8 Å². The van der Waals surface area contributed by atoms with Crippen molar-refractivity contribution < 1.29 is 13.6 Å². The molecule has 17 heavy (non-hydrogen) atoms. The van der Waals surface area contributed by atoms with Crippen LogP contribution in [-0.2, 0) is 4.79 Å². The Bertz CT molecular complexity index is 453. The SMILES string of the molecule is O=C1CCC(CNc2cc(F)c(Br)cc2F)N1. The quantitative estimate of drug-likeness (QED) is 0.842. The molecule has 0 radical (unpaired) electrons. The highest BCUT2D eigenvalue weighted by Gasteiger charge is 2.20. The maximum atomic E-state index is 13.4. The molecule has 1 aromatic carbocycles. The van der Waals surface area contributed by atoms with Crippen LogP contribution >= 0.6 is 15.9 Å². The number of anilines is 1. The number of hydrogen-bond donors (Lipinski definition) is 2. The van der Waals surface area contributed by atoms with Crippen LogP contribution in [0.5, 0.6) is 0 Å². The molecule has 6 heteroatoms. The fourth-order valence-corrected chi connectivity index (χ4v) is 2.04. The number of nitrogens with one attached hydrogen (secondary N) is 2. The Kier molecular flexibility index (Phi) is 3.61. The molecule has 1 fully saturated rings. The Hall–Kier alpha value is -1.17. The van der Waals surface area contributed by atoms with E-state index in [1.807, 2.05) is 0 Å². The van der Waals surface area contributed by atoms with E-state index in [4.69, 9.17) is 0 Å². The molecule has 1 saturated heterocycles. The second kappa shape index (κ2) is 5.00. The van der Waals surface area contributed by atoms with Gasteiger partial charge >= 0.3 is 0 Å². The molecular weight excluding hydrogens is 294 g/mol. The molecule has 1 heterocycles.